The van der Waals surface area contributed by atoms with Crippen LogP contribution in [0, 0.1) is 11.6 Å². The smallest absolute Gasteiger partial charge is 0.338 e. The lowest BCUT2D eigenvalue weighted by atomic mass is 10.1. The number of rotatable bonds is 4. The highest BCUT2D eigenvalue weighted by Gasteiger charge is 2.20. The molecule has 0 unspecified atom stereocenters. The maximum Gasteiger partial charge on any atom is 0.338 e. The third-order valence-corrected chi connectivity index (χ3v) is 3.22. The molecule has 1 aromatic heterocycles. The molecule has 19 heavy (non-hydrogen) atoms. The molecule has 1 aromatic carbocycles. The first-order chi connectivity index (χ1) is 9.00. The van der Waals surface area contributed by atoms with Crippen LogP contribution >= 0.6 is 11.3 Å². The largest absolute Gasteiger partial charge is 0.478 e. The molecule has 0 radical (unpaired) electrons. The molecule has 0 atom stereocenters. The Morgan fingerprint density at radius 1 is 1.42 bits per heavy atom. The number of carboxylic acids is 1. The van der Waals surface area contributed by atoms with E-state index < -0.39 is 23.2 Å². The van der Waals surface area contributed by atoms with Gasteiger partial charge in [0.1, 0.15) is 0 Å². The first-order valence-electron chi connectivity index (χ1n) is 5.30. The number of carbonyl (C=O) groups is 1. The van der Waals surface area contributed by atoms with Gasteiger partial charge >= 0.3 is 5.97 Å². The number of carboxylic acid groups (broad SMARTS) is 1. The van der Waals surface area contributed by atoms with E-state index >= 15 is 0 Å². The van der Waals surface area contributed by atoms with Crippen molar-refractivity contribution in [2.24, 2.45) is 0 Å². The van der Waals surface area contributed by atoms with Gasteiger partial charge in [-0.1, -0.05) is 0 Å². The lowest BCUT2D eigenvalue weighted by molar-refractivity contribution is 0.0690. The van der Waals surface area contributed by atoms with Crippen molar-refractivity contribution in [1.82, 2.24) is 4.98 Å². The third-order valence-electron chi connectivity index (χ3n) is 2.59. The highest BCUT2D eigenvalue weighted by atomic mass is 32.1. The monoisotopic (exact) mass is 284 g/mol. The standard InChI is InChI=1S/C12H10F2N2O2S/c1-16(4-7-5-19-6-15-7)9-3-2-8(12(17)18)10(13)11(9)14/h2-3,5-6H,4H2,1H3,(H,17,18). The summed E-state index contributed by atoms with van der Waals surface area (Å²) in [6, 6.07) is 2.29. The lowest BCUT2D eigenvalue weighted by Gasteiger charge is -2.19. The average molecular weight is 284 g/mol. The van der Waals surface area contributed by atoms with Crippen LogP contribution in [-0.4, -0.2) is 23.1 Å². The van der Waals surface area contributed by atoms with Crippen molar-refractivity contribution in [2.45, 2.75) is 6.54 Å². The number of anilines is 1. The van der Waals surface area contributed by atoms with Gasteiger partial charge in [-0.05, 0) is 12.1 Å². The van der Waals surface area contributed by atoms with E-state index in [1.165, 1.54) is 22.3 Å². The molecule has 0 saturated heterocycles. The molecule has 0 aliphatic heterocycles. The molecule has 0 fully saturated rings. The zero-order valence-corrected chi connectivity index (χ0v) is 10.7. The molecule has 0 spiro atoms. The van der Waals surface area contributed by atoms with Gasteiger partial charge in [-0.3, -0.25) is 0 Å². The fourth-order valence-electron chi connectivity index (χ4n) is 1.64. The molecule has 0 saturated carbocycles. The van der Waals surface area contributed by atoms with Crippen LogP contribution in [0.3, 0.4) is 0 Å². The second kappa shape index (κ2) is 5.31. The average Bonchev–Trinajstić information content (AvgIpc) is 2.84. The predicted molar refractivity (Wildman–Crippen MR) is 67.5 cm³/mol. The number of benzene rings is 1. The third kappa shape index (κ3) is 2.70. The van der Waals surface area contributed by atoms with Crippen molar-refractivity contribution in [1.29, 1.82) is 0 Å². The summed E-state index contributed by atoms with van der Waals surface area (Å²) >= 11 is 1.41. The normalized spacial score (nSPS) is 10.5. The summed E-state index contributed by atoms with van der Waals surface area (Å²) in [4.78, 5) is 16.2. The Morgan fingerprint density at radius 2 is 2.16 bits per heavy atom. The van der Waals surface area contributed by atoms with E-state index in [0.29, 0.717) is 6.54 Å². The fraction of sp³-hybridized carbons (Fsp3) is 0.167. The van der Waals surface area contributed by atoms with Gasteiger partial charge < -0.3 is 10.0 Å². The Bertz CT molecular complexity index is 602. The van der Waals surface area contributed by atoms with Crippen LogP contribution in [0.1, 0.15) is 16.1 Å². The Labute approximate surface area is 111 Å². The number of halogens is 2. The Hall–Kier alpha value is -2.02. The minimum absolute atomic E-state index is 0.00417. The van der Waals surface area contributed by atoms with Crippen LogP contribution in [0.4, 0.5) is 14.5 Å². The molecule has 0 bridgehead atoms. The zero-order valence-electron chi connectivity index (χ0n) is 9.93. The van der Waals surface area contributed by atoms with E-state index in [2.05, 4.69) is 4.98 Å². The van der Waals surface area contributed by atoms with Crippen LogP contribution in [0.5, 0.6) is 0 Å². The topological polar surface area (TPSA) is 53.4 Å². The van der Waals surface area contributed by atoms with Crippen LogP contribution in [0.2, 0.25) is 0 Å². The van der Waals surface area contributed by atoms with Gasteiger partial charge in [-0.15, -0.1) is 11.3 Å². The van der Waals surface area contributed by atoms with E-state index in [4.69, 9.17) is 5.11 Å². The van der Waals surface area contributed by atoms with E-state index in [-0.39, 0.29) is 5.69 Å². The van der Waals surface area contributed by atoms with Gasteiger partial charge in [0.15, 0.2) is 11.6 Å². The van der Waals surface area contributed by atoms with E-state index in [1.54, 1.807) is 17.9 Å². The van der Waals surface area contributed by atoms with Gasteiger partial charge in [0.2, 0.25) is 0 Å². The van der Waals surface area contributed by atoms with Gasteiger partial charge in [0.05, 0.1) is 29.0 Å². The molecule has 2 rings (SSSR count). The van der Waals surface area contributed by atoms with Crippen LogP contribution in [0.15, 0.2) is 23.0 Å². The molecule has 7 heteroatoms. The summed E-state index contributed by atoms with van der Waals surface area (Å²) in [6.45, 7) is 0.312. The Balaban J connectivity index is 2.30. The second-order valence-corrected chi connectivity index (χ2v) is 4.62. The number of thiazole rings is 1. The lowest BCUT2D eigenvalue weighted by Crippen LogP contribution is -2.19. The Morgan fingerprint density at radius 3 is 2.74 bits per heavy atom. The van der Waals surface area contributed by atoms with Gasteiger partial charge in [0.25, 0.3) is 0 Å². The quantitative estimate of drug-likeness (QED) is 0.938. The first-order valence-corrected chi connectivity index (χ1v) is 6.24. The SMILES string of the molecule is CN(Cc1cscn1)c1ccc(C(=O)O)c(F)c1F. The van der Waals surface area contributed by atoms with Crippen molar-refractivity contribution >= 4 is 23.0 Å². The molecule has 2 aromatic rings. The van der Waals surface area contributed by atoms with E-state index in [9.17, 15) is 13.6 Å². The highest BCUT2D eigenvalue weighted by molar-refractivity contribution is 7.07. The van der Waals surface area contributed by atoms with E-state index in [0.717, 1.165) is 11.8 Å². The molecular weight excluding hydrogens is 274 g/mol. The number of hydrogen-bond donors (Lipinski definition) is 1. The molecular formula is C12H10F2N2O2S. The van der Waals surface area contributed by atoms with Gasteiger partial charge in [-0.25, -0.2) is 18.6 Å². The molecule has 0 amide bonds. The van der Waals surface area contributed by atoms with Crippen molar-refractivity contribution in [2.75, 3.05) is 11.9 Å². The van der Waals surface area contributed by atoms with Gasteiger partial charge in [-0.2, -0.15) is 0 Å². The minimum Gasteiger partial charge on any atom is -0.478 e. The van der Waals surface area contributed by atoms with Crippen molar-refractivity contribution in [3.63, 3.8) is 0 Å². The summed E-state index contributed by atoms with van der Waals surface area (Å²) in [5, 5.41) is 10.5. The highest BCUT2D eigenvalue weighted by Crippen LogP contribution is 2.24. The minimum atomic E-state index is -1.50. The van der Waals surface area contributed by atoms with Crippen LogP contribution in [-0.2, 0) is 6.54 Å². The van der Waals surface area contributed by atoms with Crippen LogP contribution in [0.25, 0.3) is 0 Å². The number of aromatic carboxylic acids is 1. The molecule has 0 aliphatic rings. The van der Waals surface area contributed by atoms with Crippen molar-refractivity contribution in [3.05, 3.63) is 45.9 Å². The summed E-state index contributed by atoms with van der Waals surface area (Å²) in [7, 11) is 1.58. The first kappa shape index (κ1) is 13.4. The summed E-state index contributed by atoms with van der Waals surface area (Å²) in [5.74, 6) is -4.02. The number of hydrogen-bond acceptors (Lipinski definition) is 4. The van der Waals surface area contributed by atoms with Gasteiger partial charge in [0, 0.05) is 12.4 Å². The van der Waals surface area contributed by atoms with E-state index in [1.807, 2.05) is 0 Å². The summed E-state index contributed by atoms with van der Waals surface area (Å²) in [5.41, 5.74) is 1.70. The predicted octanol–water partition coefficient (Wildman–Crippen LogP) is 2.76. The second-order valence-electron chi connectivity index (χ2n) is 3.90. The van der Waals surface area contributed by atoms with Crippen molar-refractivity contribution in [3.8, 4) is 0 Å². The summed E-state index contributed by atoms with van der Waals surface area (Å²) in [6.07, 6.45) is 0. The van der Waals surface area contributed by atoms with Crippen molar-refractivity contribution < 1.29 is 18.7 Å². The molecule has 1 N–H and O–H groups in total. The van der Waals surface area contributed by atoms with Crippen LogP contribution < -0.4 is 4.90 Å². The fourth-order valence-corrected chi connectivity index (χ4v) is 2.19. The maximum atomic E-state index is 13.8. The number of aromatic nitrogens is 1. The molecule has 100 valence electrons. The Kier molecular flexibility index (Phi) is 3.75. The molecule has 1 heterocycles. The maximum absolute atomic E-state index is 13.8. The molecule has 4 nitrogen and oxygen atoms in total. The zero-order chi connectivity index (χ0) is 14.0. The molecule has 0 aliphatic carbocycles. The number of nitrogens with zero attached hydrogens (tertiary/aromatic N) is 2. The summed E-state index contributed by atoms with van der Waals surface area (Å²) < 4.78 is 27.4.